The fourth-order valence-electron chi connectivity index (χ4n) is 1.81. The Labute approximate surface area is 105 Å². The van der Waals surface area contributed by atoms with E-state index in [1.165, 1.54) is 4.88 Å². The average Bonchev–Trinajstić information content (AvgIpc) is 2.74. The summed E-state index contributed by atoms with van der Waals surface area (Å²) in [4.78, 5) is 5.44. The van der Waals surface area contributed by atoms with Crippen LogP contribution in [0.1, 0.15) is 24.2 Å². The van der Waals surface area contributed by atoms with E-state index in [4.69, 9.17) is 10.5 Å². The van der Waals surface area contributed by atoms with Crippen molar-refractivity contribution in [2.45, 2.75) is 19.9 Å². The number of hydrogen-bond acceptors (Lipinski definition) is 4. The van der Waals surface area contributed by atoms with Gasteiger partial charge in [0.2, 0.25) is 0 Å². The Morgan fingerprint density at radius 1 is 1.41 bits per heavy atom. The molecule has 0 aliphatic carbocycles. The van der Waals surface area contributed by atoms with E-state index < -0.39 is 0 Å². The topological polar surface area (TPSA) is 48.1 Å². The third-order valence-corrected chi connectivity index (χ3v) is 3.71. The summed E-state index contributed by atoms with van der Waals surface area (Å²) >= 11 is 1.64. The summed E-state index contributed by atoms with van der Waals surface area (Å²) in [6.45, 7) is 3.97. The maximum atomic E-state index is 5.90. The second-order valence-corrected chi connectivity index (χ2v) is 4.87. The molecule has 1 unspecified atom stereocenters. The smallest absolute Gasteiger partial charge is 0.124 e. The van der Waals surface area contributed by atoms with Crippen LogP contribution in [0.4, 0.5) is 0 Å². The van der Waals surface area contributed by atoms with Crippen molar-refractivity contribution >= 4 is 11.3 Å². The summed E-state index contributed by atoms with van der Waals surface area (Å²) in [6.07, 6.45) is 0. The lowest BCUT2D eigenvalue weighted by atomic mass is 10.0. The molecule has 2 N–H and O–H groups in total. The Bertz CT molecular complexity index is 520. The van der Waals surface area contributed by atoms with Crippen molar-refractivity contribution < 1.29 is 4.74 Å². The van der Waals surface area contributed by atoms with Gasteiger partial charge in [-0.25, -0.2) is 4.98 Å². The van der Waals surface area contributed by atoms with Crippen LogP contribution in [0.25, 0.3) is 10.4 Å². The first-order valence-corrected chi connectivity index (χ1v) is 6.35. The summed E-state index contributed by atoms with van der Waals surface area (Å²) in [5, 5.41) is 0. The summed E-state index contributed by atoms with van der Waals surface area (Å²) in [6, 6.07) is 6.10. The zero-order valence-corrected chi connectivity index (χ0v) is 11.0. The molecule has 0 bridgehead atoms. The van der Waals surface area contributed by atoms with Crippen molar-refractivity contribution in [2.75, 3.05) is 7.11 Å². The highest BCUT2D eigenvalue weighted by Crippen LogP contribution is 2.33. The molecular formula is C13H16N2OS. The molecule has 2 rings (SSSR count). The molecule has 0 aliphatic heterocycles. The maximum Gasteiger partial charge on any atom is 0.124 e. The monoisotopic (exact) mass is 248 g/mol. The fraction of sp³-hybridized carbons (Fsp3) is 0.308. The molecule has 3 nitrogen and oxygen atoms in total. The highest BCUT2D eigenvalue weighted by atomic mass is 32.1. The van der Waals surface area contributed by atoms with E-state index in [0.717, 1.165) is 22.6 Å². The molecule has 1 aromatic heterocycles. The Kier molecular flexibility index (Phi) is 3.45. The lowest BCUT2D eigenvalue weighted by Crippen LogP contribution is -2.06. The van der Waals surface area contributed by atoms with E-state index in [2.05, 4.69) is 11.1 Å². The molecular weight excluding hydrogens is 232 g/mol. The van der Waals surface area contributed by atoms with Gasteiger partial charge in [0.15, 0.2) is 0 Å². The summed E-state index contributed by atoms with van der Waals surface area (Å²) < 4.78 is 5.39. The van der Waals surface area contributed by atoms with Gasteiger partial charge in [-0.15, -0.1) is 11.3 Å². The van der Waals surface area contributed by atoms with Gasteiger partial charge >= 0.3 is 0 Å². The number of thiazole rings is 1. The Balaban J connectivity index is 2.49. The third kappa shape index (κ3) is 2.33. The molecule has 0 radical (unpaired) electrons. The second-order valence-electron chi connectivity index (χ2n) is 4.01. The highest BCUT2D eigenvalue weighted by molar-refractivity contribution is 7.13. The molecule has 2 aromatic rings. The molecule has 1 aromatic carbocycles. The predicted molar refractivity (Wildman–Crippen MR) is 71.4 cm³/mol. The lowest BCUT2D eigenvalue weighted by Gasteiger charge is -2.13. The van der Waals surface area contributed by atoms with Crippen molar-refractivity contribution in [1.82, 2.24) is 4.98 Å². The van der Waals surface area contributed by atoms with Gasteiger partial charge in [0.05, 0.1) is 23.2 Å². The van der Waals surface area contributed by atoms with Gasteiger partial charge in [-0.1, -0.05) is 12.1 Å². The molecule has 17 heavy (non-hydrogen) atoms. The molecule has 0 fully saturated rings. The van der Waals surface area contributed by atoms with Crippen LogP contribution < -0.4 is 10.5 Å². The van der Waals surface area contributed by atoms with Gasteiger partial charge in [0.1, 0.15) is 5.75 Å². The highest BCUT2D eigenvalue weighted by Gasteiger charge is 2.11. The molecule has 0 aliphatic rings. The van der Waals surface area contributed by atoms with Crippen LogP contribution in [0, 0.1) is 6.92 Å². The number of benzene rings is 1. The van der Waals surface area contributed by atoms with Gasteiger partial charge in [-0.2, -0.15) is 0 Å². The number of hydrogen-bond donors (Lipinski definition) is 1. The lowest BCUT2D eigenvalue weighted by molar-refractivity contribution is 0.407. The molecule has 1 heterocycles. The van der Waals surface area contributed by atoms with E-state index in [-0.39, 0.29) is 6.04 Å². The largest absolute Gasteiger partial charge is 0.496 e. The second kappa shape index (κ2) is 4.85. The van der Waals surface area contributed by atoms with Crippen LogP contribution in [0.2, 0.25) is 0 Å². The van der Waals surface area contributed by atoms with Crippen LogP contribution in [0.5, 0.6) is 5.75 Å². The molecule has 0 amide bonds. The number of rotatable bonds is 3. The Morgan fingerprint density at radius 3 is 2.71 bits per heavy atom. The van der Waals surface area contributed by atoms with Crippen LogP contribution in [0.15, 0.2) is 23.7 Å². The summed E-state index contributed by atoms with van der Waals surface area (Å²) in [7, 11) is 1.67. The number of aryl methyl sites for hydroxylation is 1. The molecule has 1 atom stereocenters. The minimum Gasteiger partial charge on any atom is -0.496 e. The number of aromatic nitrogens is 1. The van der Waals surface area contributed by atoms with E-state index >= 15 is 0 Å². The number of nitrogens with zero attached hydrogens (tertiary/aromatic N) is 1. The Hall–Kier alpha value is -1.39. The first kappa shape index (κ1) is 12.1. The maximum absolute atomic E-state index is 5.90. The van der Waals surface area contributed by atoms with Crippen LogP contribution >= 0.6 is 11.3 Å². The molecule has 4 heteroatoms. The Morgan fingerprint density at radius 2 is 2.18 bits per heavy atom. The van der Waals surface area contributed by atoms with Gasteiger partial charge in [-0.3, -0.25) is 0 Å². The first-order valence-electron chi connectivity index (χ1n) is 5.47. The zero-order chi connectivity index (χ0) is 12.4. The predicted octanol–water partition coefficient (Wildman–Crippen LogP) is 3.15. The number of ether oxygens (including phenoxy) is 1. The van der Waals surface area contributed by atoms with Crippen LogP contribution in [-0.2, 0) is 0 Å². The van der Waals surface area contributed by atoms with Crippen molar-refractivity contribution in [3.63, 3.8) is 0 Å². The van der Waals surface area contributed by atoms with E-state index in [9.17, 15) is 0 Å². The standard InChI is InChI=1S/C13H16N2OS/c1-8(14)11-5-4-10(6-12(11)16-3)13-9(2)15-7-17-13/h4-8H,14H2,1-3H3. The first-order chi connectivity index (χ1) is 8.13. The van der Waals surface area contributed by atoms with Crippen molar-refractivity contribution in [3.05, 3.63) is 35.0 Å². The van der Waals surface area contributed by atoms with Crippen molar-refractivity contribution in [2.24, 2.45) is 5.73 Å². The normalized spacial score (nSPS) is 12.5. The third-order valence-electron chi connectivity index (χ3n) is 2.73. The summed E-state index contributed by atoms with van der Waals surface area (Å²) in [5.41, 5.74) is 11.0. The van der Waals surface area contributed by atoms with Gasteiger partial charge in [-0.05, 0) is 25.5 Å². The summed E-state index contributed by atoms with van der Waals surface area (Å²) in [5.74, 6) is 0.838. The number of methoxy groups -OCH3 is 1. The zero-order valence-electron chi connectivity index (χ0n) is 10.2. The average molecular weight is 248 g/mol. The van der Waals surface area contributed by atoms with Gasteiger partial charge in [0.25, 0.3) is 0 Å². The van der Waals surface area contributed by atoms with E-state index in [0.29, 0.717) is 0 Å². The fourth-order valence-corrected chi connectivity index (χ4v) is 2.61. The van der Waals surface area contributed by atoms with Crippen LogP contribution in [-0.4, -0.2) is 12.1 Å². The molecule has 0 saturated heterocycles. The van der Waals surface area contributed by atoms with Crippen molar-refractivity contribution in [1.29, 1.82) is 0 Å². The molecule has 0 saturated carbocycles. The number of nitrogens with two attached hydrogens (primary N) is 1. The van der Waals surface area contributed by atoms with Crippen molar-refractivity contribution in [3.8, 4) is 16.2 Å². The minimum atomic E-state index is -0.0263. The quantitative estimate of drug-likeness (QED) is 0.907. The van der Waals surface area contributed by atoms with E-state index in [1.54, 1.807) is 18.4 Å². The van der Waals surface area contributed by atoms with E-state index in [1.807, 2.05) is 31.5 Å². The molecule has 90 valence electrons. The van der Waals surface area contributed by atoms with Gasteiger partial charge < -0.3 is 10.5 Å². The van der Waals surface area contributed by atoms with Crippen LogP contribution in [0.3, 0.4) is 0 Å². The SMILES string of the molecule is COc1cc(-c2scnc2C)ccc1C(C)N. The minimum absolute atomic E-state index is 0.0263. The molecule has 0 spiro atoms. The van der Waals surface area contributed by atoms with Gasteiger partial charge in [0, 0.05) is 11.6 Å².